The zero-order chi connectivity index (χ0) is 13.4. The van der Waals surface area contributed by atoms with Gasteiger partial charge in [-0.1, -0.05) is 34.6 Å². The maximum Gasteiger partial charge on any atom is 0.306 e. The van der Waals surface area contributed by atoms with E-state index in [0.717, 1.165) is 12.8 Å². The van der Waals surface area contributed by atoms with Crippen molar-refractivity contribution < 1.29 is 19.8 Å². The second-order valence-electron chi connectivity index (χ2n) is 4.98. The molecule has 0 fully saturated rings. The molecule has 4 nitrogen and oxygen atoms in total. The second-order valence-corrected chi connectivity index (χ2v) is 4.98. The van der Waals surface area contributed by atoms with Crippen LogP contribution in [-0.4, -0.2) is 22.2 Å². The van der Waals surface area contributed by atoms with E-state index < -0.39 is 11.9 Å². The van der Waals surface area contributed by atoms with Gasteiger partial charge in [0.15, 0.2) is 0 Å². The summed E-state index contributed by atoms with van der Waals surface area (Å²) in [5.41, 5.74) is -0.0775. The molecule has 0 aliphatic heterocycles. The second kappa shape index (κ2) is 8.13. The van der Waals surface area contributed by atoms with Gasteiger partial charge in [-0.25, -0.2) is 0 Å². The number of carbonyl (C=O) groups is 2. The number of rotatable bonds is 4. The Hall–Kier alpha value is -1.06. The highest BCUT2D eigenvalue weighted by atomic mass is 16.4. The van der Waals surface area contributed by atoms with Crippen LogP contribution in [0.4, 0.5) is 0 Å². The summed E-state index contributed by atoms with van der Waals surface area (Å²) in [7, 11) is 0. The quantitative estimate of drug-likeness (QED) is 0.781. The number of hydrogen-bond donors (Lipinski definition) is 2. The third-order valence-electron chi connectivity index (χ3n) is 2.02. The predicted molar refractivity (Wildman–Crippen MR) is 63.4 cm³/mol. The molecule has 0 aliphatic carbocycles. The summed E-state index contributed by atoms with van der Waals surface area (Å²) in [4.78, 5) is 20.2. The van der Waals surface area contributed by atoms with Crippen LogP contribution in [0.1, 0.15) is 53.9 Å². The summed E-state index contributed by atoms with van der Waals surface area (Å²) < 4.78 is 0. The molecule has 0 atom stereocenters. The third kappa shape index (κ3) is 12.9. The zero-order valence-corrected chi connectivity index (χ0v) is 10.9. The molecule has 2 N–H and O–H groups in total. The van der Waals surface area contributed by atoms with E-state index in [0.29, 0.717) is 0 Å². The highest BCUT2D eigenvalue weighted by Gasteiger charge is 2.13. The van der Waals surface area contributed by atoms with Gasteiger partial charge >= 0.3 is 11.9 Å². The average Bonchev–Trinajstić information content (AvgIpc) is 2.01. The van der Waals surface area contributed by atoms with E-state index in [1.165, 1.54) is 0 Å². The smallest absolute Gasteiger partial charge is 0.306 e. The number of aliphatic carboxylic acids is 2. The standard InChI is InChI=1S/2C6H12O2/c1-6(2,3)4-5(7)8;1-3-5(4-2)6(7)8/h4H2,1-3H3,(H,7,8);5H,3-4H2,1-2H3,(H,7,8). The minimum absolute atomic E-state index is 0.0775. The lowest BCUT2D eigenvalue weighted by Gasteiger charge is -2.13. The van der Waals surface area contributed by atoms with Gasteiger partial charge in [-0.2, -0.15) is 0 Å². The molecule has 4 heteroatoms. The van der Waals surface area contributed by atoms with Crippen LogP contribution in [0.3, 0.4) is 0 Å². The van der Waals surface area contributed by atoms with Crippen LogP contribution < -0.4 is 0 Å². The molecule has 0 unspecified atom stereocenters. The Morgan fingerprint density at radius 3 is 1.44 bits per heavy atom. The summed E-state index contributed by atoms with van der Waals surface area (Å²) in [5, 5.41) is 16.6. The van der Waals surface area contributed by atoms with Gasteiger partial charge in [0, 0.05) is 0 Å². The Kier molecular flexibility index (Phi) is 8.81. The normalized spacial score (nSPS) is 10.6. The van der Waals surface area contributed by atoms with Crippen LogP contribution in [0, 0.1) is 11.3 Å². The molecular formula is C12H24O4. The first kappa shape index (κ1) is 17.3. The lowest BCUT2D eigenvalue weighted by atomic mass is 9.93. The first-order valence-electron chi connectivity index (χ1n) is 5.58. The van der Waals surface area contributed by atoms with Crippen LogP contribution in [0.25, 0.3) is 0 Å². The SMILES string of the molecule is CC(C)(C)CC(=O)O.CCC(CC)C(=O)O. The van der Waals surface area contributed by atoms with Crippen molar-refractivity contribution in [2.75, 3.05) is 0 Å². The number of hydrogen-bond acceptors (Lipinski definition) is 2. The van der Waals surface area contributed by atoms with Gasteiger partial charge in [-0.15, -0.1) is 0 Å². The Morgan fingerprint density at radius 1 is 1.06 bits per heavy atom. The molecule has 0 heterocycles. The summed E-state index contributed by atoms with van der Waals surface area (Å²) in [6.45, 7) is 9.49. The first-order valence-corrected chi connectivity index (χ1v) is 5.58. The van der Waals surface area contributed by atoms with Gasteiger partial charge in [0.1, 0.15) is 0 Å². The lowest BCUT2D eigenvalue weighted by Crippen LogP contribution is -2.11. The Bertz CT molecular complexity index is 212. The van der Waals surface area contributed by atoms with Crippen molar-refractivity contribution in [3.63, 3.8) is 0 Å². The van der Waals surface area contributed by atoms with E-state index in [9.17, 15) is 9.59 Å². The maximum atomic E-state index is 10.2. The van der Waals surface area contributed by atoms with Gasteiger partial charge in [0.2, 0.25) is 0 Å². The molecule has 0 saturated heterocycles. The molecule has 0 aromatic heterocycles. The van der Waals surface area contributed by atoms with Crippen LogP contribution in [0.2, 0.25) is 0 Å². The maximum absolute atomic E-state index is 10.2. The van der Waals surface area contributed by atoms with E-state index in [1.54, 1.807) is 0 Å². The van der Waals surface area contributed by atoms with Gasteiger partial charge in [0.05, 0.1) is 12.3 Å². The molecule has 96 valence electrons. The van der Waals surface area contributed by atoms with Crippen LogP contribution >= 0.6 is 0 Å². The average molecular weight is 232 g/mol. The molecular weight excluding hydrogens is 208 g/mol. The fraction of sp³-hybridized carbons (Fsp3) is 0.833. The molecule has 0 amide bonds. The number of carboxylic acids is 2. The van der Waals surface area contributed by atoms with Crippen molar-refractivity contribution in [2.45, 2.75) is 53.9 Å². The van der Waals surface area contributed by atoms with E-state index in [2.05, 4.69) is 0 Å². The fourth-order valence-corrected chi connectivity index (χ4v) is 1.09. The summed E-state index contributed by atoms with van der Waals surface area (Å²) >= 11 is 0. The Morgan fingerprint density at radius 2 is 1.44 bits per heavy atom. The van der Waals surface area contributed by atoms with Crippen molar-refractivity contribution in [3.8, 4) is 0 Å². The summed E-state index contributed by atoms with van der Waals surface area (Å²) in [5.74, 6) is -1.53. The molecule has 0 rings (SSSR count). The van der Waals surface area contributed by atoms with Crippen molar-refractivity contribution >= 4 is 11.9 Å². The summed E-state index contributed by atoms with van der Waals surface area (Å²) in [6, 6.07) is 0. The van der Waals surface area contributed by atoms with Gasteiger partial charge in [0.25, 0.3) is 0 Å². The molecule has 0 aromatic carbocycles. The first-order chi connectivity index (χ1) is 7.14. The van der Waals surface area contributed by atoms with Crippen LogP contribution in [0.15, 0.2) is 0 Å². The predicted octanol–water partition coefficient (Wildman–Crippen LogP) is 3.01. The third-order valence-corrected chi connectivity index (χ3v) is 2.02. The van der Waals surface area contributed by atoms with E-state index in [1.807, 2.05) is 34.6 Å². The van der Waals surface area contributed by atoms with Crippen LogP contribution in [-0.2, 0) is 9.59 Å². The fourth-order valence-electron chi connectivity index (χ4n) is 1.09. The lowest BCUT2D eigenvalue weighted by molar-refractivity contribution is -0.142. The molecule has 0 spiro atoms. The van der Waals surface area contributed by atoms with E-state index in [4.69, 9.17) is 10.2 Å². The molecule has 0 aliphatic rings. The highest BCUT2D eigenvalue weighted by Crippen LogP contribution is 2.17. The minimum Gasteiger partial charge on any atom is -0.481 e. The van der Waals surface area contributed by atoms with E-state index in [-0.39, 0.29) is 17.8 Å². The van der Waals surface area contributed by atoms with E-state index >= 15 is 0 Å². The zero-order valence-electron chi connectivity index (χ0n) is 10.9. The van der Waals surface area contributed by atoms with Gasteiger partial charge in [-0.3, -0.25) is 9.59 Å². The molecule has 0 saturated carbocycles. The molecule has 16 heavy (non-hydrogen) atoms. The topological polar surface area (TPSA) is 74.6 Å². The highest BCUT2D eigenvalue weighted by molar-refractivity contribution is 5.69. The molecule has 0 radical (unpaired) electrons. The Balaban J connectivity index is 0. The van der Waals surface area contributed by atoms with Crippen molar-refractivity contribution in [2.24, 2.45) is 11.3 Å². The van der Waals surface area contributed by atoms with Crippen molar-refractivity contribution in [1.82, 2.24) is 0 Å². The van der Waals surface area contributed by atoms with Crippen LogP contribution in [0.5, 0.6) is 0 Å². The molecule has 0 aromatic rings. The van der Waals surface area contributed by atoms with Gasteiger partial charge < -0.3 is 10.2 Å². The molecule has 0 bridgehead atoms. The van der Waals surface area contributed by atoms with Gasteiger partial charge in [-0.05, 0) is 18.3 Å². The monoisotopic (exact) mass is 232 g/mol. The Labute approximate surface area is 97.7 Å². The summed E-state index contributed by atoms with van der Waals surface area (Å²) in [6.07, 6.45) is 1.73. The van der Waals surface area contributed by atoms with Crippen molar-refractivity contribution in [1.29, 1.82) is 0 Å². The largest absolute Gasteiger partial charge is 0.481 e. The minimum atomic E-state index is -0.725. The van der Waals surface area contributed by atoms with Crippen molar-refractivity contribution in [3.05, 3.63) is 0 Å². The number of carboxylic acid groups (broad SMARTS) is 2.